The largest absolute Gasteiger partial charge is 0.307 e. The van der Waals surface area contributed by atoms with Gasteiger partial charge < -0.3 is 13.7 Å². The first-order valence-corrected chi connectivity index (χ1v) is 18.3. The molecule has 0 unspecified atom stereocenters. The fraction of sp³-hybridized carbons (Fsp3) is 0. The van der Waals surface area contributed by atoms with Gasteiger partial charge in [0.05, 0.1) is 62.3 Å². The molecule has 0 spiro atoms. The second-order valence-electron chi connectivity index (χ2n) is 13.9. The van der Waals surface area contributed by atoms with Crippen LogP contribution in [0.3, 0.4) is 0 Å². The summed E-state index contributed by atoms with van der Waals surface area (Å²) < 4.78 is 7.00. The van der Waals surface area contributed by atoms with Gasteiger partial charge in [-0.15, -0.1) is 0 Å². The van der Waals surface area contributed by atoms with E-state index in [-0.39, 0.29) is 0 Å². The maximum Gasteiger partial charge on any atom is 0.188 e. The van der Waals surface area contributed by atoms with Crippen LogP contribution in [0.4, 0.5) is 5.69 Å². The summed E-state index contributed by atoms with van der Waals surface area (Å²) in [4.78, 5) is 3.94. The summed E-state index contributed by atoms with van der Waals surface area (Å²) in [6.07, 6.45) is 0. The second kappa shape index (κ2) is 11.8. The van der Waals surface area contributed by atoms with Crippen molar-refractivity contribution in [3.05, 3.63) is 193 Å². The molecule has 0 atom stereocenters. The van der Waals surface area contributed by atoms with Gasteiger partial charge >= 0.3 is 0 Å². The first kappa shape index (κ1) is 30.7. The van der Waals surface area contributed by atoms with Crippen LogP contribution in [0.1, 0.15) is 5.56 Å². The zero-order valence-corrected chi connectivity index (χ0v) is 29.5. The molecule has 8 aromatic carbocycles. The van der Waals surface area contributed by atoms with E-state index in [1.165, 1.54) is 10.8 Å². The standard InChI is InChI=1S/C50H29N5/c1-52-33-28-29-47(41(30-33)38-19-6-11-26-46(38)54-44-24-9-4-17-36(44)39-20-12-14-32(31-51)49(39)54)55-45-25-10-5-18-37(45)40-21-13-27-48(50(40)55)53-42-22-7-2-15-34(42)35-16-3-8-23-43(35)53/h2-30H. The minimum Gasteiger partial charge on any atom is -0.307 e. The molecule has 0 amide bonds. The molecule has 0 radical (unpaired) electrons. The van der Waals surface area contributed by atoms with E-state index in [4.69, 9.17) is 6.57 Å². The molecule has 0 aliphatic carbocycles. The minimum atomic E-state index is 0.553. The molecule has 5 heteroatoms. The van der Waals surface area contributed by atoms with Crippen molar-refractivity contribution in [3.8, 4) is 34.3 Å². The van der Waals surface area contributed by atoms with Gasteiger partial charge in [-0.3, -0.25) is 0 Å². The number of hydrogen-bond donors (Lipinski definition) is 0. The highest BCUT2D eigenvalue weighted by atomic mass is 15.1. The molecule has 0 saturated carbocycles. The maximum absolute atomic E-state index is 10.4. The van der Waals surface area contributed by atoms with E-state index in [9.17, 15) is 5.26 Å². The van der Waals surface area contributed by atoms with E-state index in [2.05, 4.69) is 158 Å². The number of para-hydroxylation sites is 7. The molecule has 0 aliphatic heterocycles. The van der Waals surface area contributed by atoms with Crippen molar-refractivity contribution in [1.29, 1.82) is 5.26 Å². The van der Waals surface area contributed by atoms with Gasteiger partial charge in [-0.25, -0.2) is 4.85 Å². The van der Waals surface area contributed by atoms with Crippen LogP contribution in [-0.4, -0.2) is 13.7 Å². The third-order valence-corrected chi connectivity index (χ3v) is 11.1. The summed E-state index contributed by atoms with van der Waals surface area (Å²) in [7, 11) is 0. The van der Waals surface area contributed by atoms with Crippen LogP contribution in [0.5, 0.6) is 0 Å². The van der Waals surface area contributed by atoms with Crippen LogP contribution in [0.15, 0.2) is 176 Å². The van der Waals surface area contributed by atoms with Crippen LogP contribution in [0.2, 0.25) is 0 Å². The number of aromatic nitrogens is 3. The molecule has 55 heavy (non-hydrogen) atoms. The first-order chi connectivity index (χ1) is 27.2. The molecule has 3 aromatic heterocycles. The van der Waals surface area contributed by atoms with Crippen molar-refractivity contribution in [3.63, 3.8) is 0 Å². The van der Waals surface area contributed by atoms with Crippen molar-refractivity contribution in [2.75, 3.05) is 0 Å². The number of nitriles is 1. The third kappa shape index (κ3) is 4.33. The van der Waals surface area contributed by atoms with Crippen molar-refractivity contribution in [2.24, 2.45) is 0 Å². The van der Waals surface area contributed by atoms with Crippen molar-refractivity contribution in [2.45, 2.75) is 0 Å². The first-order valence-electron chi connectivity index (χ1n) is 18.3. The zero-order chi connectivity index (χ0) is 36.6. The lowest BCUT2D eigenvalue weighted by molar-refractivity contribution is 1.13. The smallest absolute Gasteiger partial charge is 0.188 e. The molecule has 254 valence electrons. The fourth-order valence-corrected chi connectivity index (χ4v) is 8.87. The summed E-state index contributed by atoms with van der Waals surface area (Å²) >= 11 is 0. The summed E-state index contributed by atoms with van der Waals surface area (Å²) in [5, 5.41) is 17.2. The summed E-state index contributed by atoms with van der Waals surface area (Å²) in [6.45, 7) is 8.13. The highest BCUT2D eigenvalue weighted by Gasteiger charge is 2.24. The zero-order valence-electron chi connectivity index (χ0n) is 29.5. The Morgan fingerprint density at radius 3 is 1.47 bits per heavy atom. The molecule has 0 bridgehead atoms. The van der Waals surface area contributed by atoms with Gasteiger partial charge in [0.15, 0.2) is 5.69 Å². The molecule has 5 nitrogen and oxygen atoms in total. The van der Waals surface area contributed by atoms with Crippen molar-refractivity contribution >= 4 is 71.1 Å². The number of hydrogen-bond acceptors (Lipinski definition) is 1. The number of rotatable bonds is 4. The summed E-state index contributed by atoms with van der Waals surface area (Å²) in [5.74, 6) is 0. The van der Waals surface area contributed by atoms with E-state index in [0.29, 0.717) is 11.3 Å². The predicted octanol–water partition coefficient (Wildman–Crippen LogP) is 13.1. The van der Waals surface area contributed by atoms with Gasteiger partial charge in [0.2, 0.25) is 0 Å². The quantitative estimate of drug-likeness (QED) is 0.169. The molecular formula is C50H29N5. The average Bonchev–Trinajstić information content (AvgIpc) is 3.89. The maximum atomic E-state index is 10.4. The van der Waals surface area contributed by atoms with Gasteiger partial charge in [-0.2, -0.15) is 5.26 Å². The number of nitrogens with zero attached hydrogens (tertiary/aromatic N) is 5. The lowest BCUT2D eigenvalue weighted by Gasteiger charge is -2.20. The molecular weight excluding hydrogens is 671 g/mol. The van der Waals surface area contributed by atoms with E-state index in [0.717, 1.165) is 82.8 Å². The minimum absolute atomic E-state index is 0.553. The van der Waals surface area contributed by atoms with Crippen LogP contribution in [0.25, 0.3) is 98.5 Å². The van der Waals surface area contributed by atoms with Crippen LogP contribution in [0, 0.1) is 17.9 Å². The second-order valence-corrected chi connectivity index (χ2v) is 13.9. The monoisotopic (exact) mass is 699 g/mol. The van der Waals surface area contributed by atoms with Gasteiger partial charge in [-0.05, 0) is 60.2 Å². The van der Waals surface area contributed by atoms with Crippen LogP contribution in [-0.2, 0) is 0 Å². The van der Waals surface area contributed by atoms with Crippen LogP contribution >= 0.6 is 0 Å². The van der Waals surface area contributed by atoms with E-state index >= 15 is 0 Å². The highest BCUT2D eigenvalue weighted by Crippen LogP contribution is 2.44. The SMILES string of the molecule is [C-]#[N+]c1ccc(-n2c3ccccc3c3cccc(-n4c5ccccc5c5ccccc54)c32)c(-c2ccccc2-n2c3ccccc3c3cccc(C#N)c32)c1. The van der Waals surface area contributed by atoms with Gasteiger partial charge in [0.1, 0.15) is 6.07 Å². The third-order valence-electron chi connectivity index (χ3n) is 11.1. The Hall–Kier alpha value is -7.86. The normalized spacial score (nSPS) is 11.6. The summed E-state index contributed by atoms with van der Waals surface area (Å²) in [6, 6.07) is 63.6. The van der Waals surface area contributed by atoms with Crippen LogP contribution < -0.4 is 0 Å². The summed E-state index contributed by atoms with van der Waals surface area (Å²) in [5.41, 5.74) is 12.3. The molecule has 0 fully saturated rings. The topological polar surface area (TPSA) is 42.9 Å². The molecule has 0 N–H and O–H groups in total. The van der Waals surface area contributed by atoms with Gasteiger partial charge in [-0.1, -0.05) is 121 Å². The Bertz CT molecular complexity index is 3420. The van der Waals surface area contributed by atoms with Gasteiger partial charge in [0, 0.05) is 37.9 Å². The Morgan fingerprint density at radius 2 is 0.855 bits per heavy atom. The Kier molecular flexibility index (Phi) is 6.61. The molecule has 0 aliphatic rings. The van der Waals surface area contributed by atoms with Gasteiger partial charge in [0.25, 0.3) is 0 Å². The molecule has 0 saturated heterocycles. The molecule has 11 rings (SSSR count). The lowest BCUT2D eigenvalue weighted by atomic mass is 9.99. The van der Waals surface area contributed by atoms with E-state index in [1.54, 1.807) is 0 Å². The molecule has 11 aromatic rings. The van der Waals surface area contributed by atoms with E-state index < -0.39 is 0 Å². The van der Waals surface area contributed by atoms with Crippen molar-refractivity contribution in [1.82, 2.24) is 13.7 Å². The lowest BCUT2D eigenvalue weighted by Crippen LogP contribution is -2.04. The average molecular weight is 700 g/mol. The fourth-order valence-electron chi connectivity index (χ4n) is 8.87. The Balaban J connectivity index is 1.28. The number of fused-ring (bicyclic) bond motifs is 9. The van der Waals surface area contributed by atoms with E-state index in [1.807, 2.05) is 42.5 Å². The van der Waals surface area contributed by atoms with Crippen molar-refractivity contribution < 1.29 is 0 Å². The Morgan fingerprint density at radius 1 is 0.400 bits per heavy atom. The highest BCUT2D eigenvalue weighted by molar-refractivity contribution is 6.16. The number of benzene rings is 8. The Labute approximate surface area is 316 Å². The molecule has 3 heterocycles. The predicted molar refractivity (Wildman–Crippen MR) is 226 cm³/mol.